The SMILES string of the molecule is [2H]c1c(Cl)cncc1Br. The molecule has 0 atom stereocenters. The summed E-state index contributed by atoms with van der Waals surface area (Å²) in [5.41, 5.74) is 0. The zero-order valence-corrected chi connectivity index (χ0v) is 6.20. The van der Waals surface area contributed by atoms with Gasteiger partial charge >= 0.3 is 0 Å². The first-order valence-corrected chi connectivity index (χ1v) is 3.14. The molecule has 1 heterocycles. The third kappa shape index (κ3) is 1.46. The molecule has 0 radical (unpaired) electrons. The normalized spacial score (nSPS) is 11.0. The van der Waals surface area contributed by atoms with Crippen molar-refractivity contribution < 1.29 is 1.37 Å². The average molecular weight is 193 g/mol. The van der Waals surface area contributed by atoms with Crippen LogP contribution < -0.4 is 0 Å². The second kappa shape index (κ2) is 2.46. The Morgan fingerprint density at radius 2 is 2.50 bits per heavy atom. The lowest BCUT2D eigenvalue weighted by molar-refractivity contribution is 1.31. The van der Waals surface area contributed by atoms with Crippen LogP contribution in [0, 0.1) is 0 Å². The second-order valence-electron chi connectivity index (χ2n) is 1.23. The van der Waals surface area contributed by atoms with Gasteiger partial charge in [-0.3, -0.25) is 4.98 Å². The fraction of sp³-hybridized carbons (Fsp3) is 0. The van der Waals surface area contributed by atoms with Crippen LogP contribution in [0.5, 0.6) is 0 Å². The zero-order chi connectivity index (χ0) is 6.85. The molecule has 0 spiro atoms. The van der Waals surface area contributed by atoms with Crippen LogP contribution in [0.25, 0.3) is 0 Å². The summed E-state index contributed by atoms with van der Waals surface area (Å²) in [5, 5.41) is 0.365. The van der Waals surface area contributed by atoms with E-state index in [0.29, 0.717) is 9.50 Å². The van der Waals surface area contributed by atoms with E-state index in [9.17, 15) is 0 Å². The van der Waals surface area contributed by atoms with Gasteiger partial charge in [0.2, 0.25) is 0 Å². The van der Waals surface area contributed by atoms with Crippen molar-refractivity contribution in [2.75, 3.05) is 0 Å². The molecule has 0 unspecified atom stereocenters. The average Bonchev–Trinajstić information content (AvgIpc) is 1.83. The molecule has 0 bridgehead atoms. The monoisotopic (exact) mass is 192 g/mol. The minimum atomic E-state index is 0.284. The summed E-state index contributed by atoms with van der Waals surface area (Å²) in [5.74, 6) is 0. The number of halogens is 2. The van der Waals surface area contributed by atoms with Crippen LogP contribution in [0.4, 0.5) is 0 Å². The summed E-state index contributed by atoms with van der Waals surface area (Å²) in [7, 11) is 0. The van der Waals surface area contributed by atoms with Gasteiger partial charge in [-0.25, -0.2) is 0 Å². The molecule has 0 N–H and O–H groups in total. The molecule has 0 aromatic carbocycles. The number of hydrogen-bond donors (Lipinski definition) is 0. The molecular formula is C5H3BrClN. The Morgan fingerprint density at radius 3 is 3.00 bits per heavy atom. The van der Waals surface area contributed by atoms with Crippen molar-refractivity contribution in [2.45, 2.75) is 0 Å². The van der Waals surface area contributed by atoms with E-state index in [4.69, 9.17) is 13.0 Å². The van der Waals surface area contributed by atoms with Gasteiger partial charge in [0, 0.05) is 16.9 Å². The Balaban J connectivity index is 3.25. The number of aromatic nitrogens is 1. The molecule has 0 fully saturated rings. The van der Waals surface area contributed by atoms with Crippen LogP contribution in [0.2, 0.25) is 5.02 Å². The Hall–Kier alpha value is -0.0800. The topological polar surface area (TPSA) is 12.9 Å². The van der Waals surface area contributed by atoms with E-state index < -0.39 is 0 Å². The van der Waals surface area contributed by atoms with E-state index in [2.05, 4.69) is 20.9 Å². The molecule has 0 aliphatic rings. The van der Waals surface area contributed by atoms with Crippen molar-refractivity contribution in [1.29, 1.82) is 0 Å². The number of pyridine rings is 1. The predicted molar refractivity (Wildman–Crippen MR) is 36.9 cm³/mol. The van der Waals surface area contributed by atoms with Gasteiger partial charge in [0.15, 0.2) is 0 Å². The third-order valence-electron chi connectivity index (χ3n) is 0.615. The molecule has 1 aromatic heterocycles. The van der Waals surface area contributed by atoms with Crippen LogP contribution in [-0.4, -0.2) is 4.98 Å². The maximum atomic E-state index is 7.23. The van der Waals surface area contributed by atoms with Crippen molar-refractivity contribution in [3.8, 4) is 0 Å². The Bertz CT molecular complexity index is 208. The summed E-state index contributed by atoms with van der Waals surface area (Å²) in [6.07, 6.45) is 2.98. The molecule has 8 heavy (non-hydrogen) atoms. The largest absolute Gasteiger partial charge is 0.262 e. The summed E-state index contributed by atoms with van der Waals surface area (Å²) >= 11 is 8.65. The van der Waals surface area contributed by atoms with Crippen molar-refractivity contribution in [3.05, 3.63) is 27.9 Å². The van der Waals surface area contributed by atoms with Crippen LogP contribution in [0.1, 0.15) is 1.37 Å². The lowest BCUT2D eigenvalue weighted by Gasteiger charge is -1.86. The molecular weight excluding hydrogens is 189 g/mol. The number of nitrogens with zero attached hydrogens (tertiary/aromatic N) is 1. The van der Waals surface area contributed by atoms with E-state index in [1.54, 1.807) is 0 Å². The van der Waals surface area contributed by atoms with Crippen molar-refractivity contribution in [1.82, 2.24) is 4.98 Å². The highest BCUT2D eigenvalue weighted by molar-refractivity contribution is 9.10. The van der Waals surface area contributed by atoms with Gasteiger partial charge in [0.05, 0.1) is 6.39 Å². The number of hydrogen-bond acceptors (Lipinski definition) is 1. The molecule has 0 saturated heterocycles. The highest BCUT2D eigenvalue weighted by Gasteiger charge is 1.85. The quantitative estimate of drug-likeness (QED) is 0.617. The van der Waals surface area contributed by atoms with E-state index in [1.807, 2.05) is 0 Å². The van der Waals surface area contributed by atoms with Crippen LogP contribution in [-0.2, 0) is 0 Å². The first-order chi connectivity index (χ1) is 4.22. The van der Waals surface area contributed by atoms with Crippen molar-refractivity contribution in [2.24, 2.45) is 0 Å². The van der Waals surface area contributed by atoms with Crippen LogP contribution in [0.3, 0.4) is 0 Å². The first-order valence-electron chi connectivity index (χ1n) is 2.47. The van der Waals surface area contributed by atoms with Gasteiger partial charge in [0.1, 0.15) is 0 Å². The van der Waals surface area contributed by atoms with Gasteiger partial charge < -0.3 is 0 Å². The van der Waals surface area contributed by atoms with Gasteiger partial charge in [-0.1, -0.05) is 11.6 Å². The van der Waals surface area contributed by atoms with Gasteiger partial charge in [-0.15, -0.1) is 0 Å². The zero-order valence-electron chi connectivity index (χ0n) is 4.86. The van der Waals surface area contributed by atoms with Crippen LogP contribution >= 0.6 is 27.5 Å². The summed E-state index contributed by atoms with van der Waals surface area (Å²) < 4.78 is 7.85. The molecule has 42 valence electrons. The highest BCUT2D eigenvalue weighted by Crippen LogP contribution is 2.12. The van der Waals surface area contributed by atoms with E-state index in [0.717, 1.165) is 0 Å². The maximum Gasteiger partial charge on any atom is 0.0652 e. The van der Waals surface area contributed by atoms with Gasteiger partial charge in [-0.05, 0) is 22.0 Å². The lowest BCUT2D eigenvalue weighted by Crippen LogP contribution is -1.68. The molecule has 0 amide bonds. The number of rotatable bonds is 0. The fourth-order valence-electron chi connectivity index (χ4n) is 0.347. The minimum absolute atomic E-state index is 0.284. The smallest absolute Gasteiger partial charge is 0.0652 e. The van der Waals surface area contributed by atoms with E-state index in [1.165, 1.54) is 12.4 Å². The summed E-state index contributed by atoms with van der Waals surface area (Å²) in [4.78, 5) is 3.75. The molecule has 3 heteroatoms. The Labute approximate surface area is 62.2 Å². The molecule has 0 saturated carbocycles. The van der Waals surface area contributed by atoms with E-state index in [-0.39, 0.29) is 6.04 Å². The predicted octanol–water partition coefficient (Wildman–Crippen LogP) is 2.50. The van der Waals surface area contributed by atoms with Gasteiger partial charge in [-0.2, -0.15) is 0 Å². The molecule has 1 nitrogen and oxygen atoms in total. The Kier molecular flexibility index (Phi) is 1.47. The minimum Gasteiger partial charge on any atom is -0.262 e. The van der Waals surface area contributed by atoms with Crippen molar-refractivity contribution in [3.63, 3.8) is 0 Å². The molecule has 1 rings (SSSR count). The standard InChI is InChI=1S/C5H3BrClN/c6-4-1-5(7)3-8-2-4/h1-3H/i1D. The molecule has 1 aromatic rings. The molecule has 0 aliphatic heterocycles. The first kappa shape index (κ1) is 4.77. The van der Waals surface area contributed by atoms with Crippen molar-refractivity contribution >= 4 is 27.5 Å². The maximum absolute atomic E-state index is 7.23. The van der Waals surface area contributed by atoms with Crippen LogP contribution in [0.15, 0.2) is 22.9 Å². The highest BCUT2D eigenvalue weighted by atomic mass is 79.9. The van der Waals surface area contributed by atoms with E-state index >= 15 is 0 Å². The Morgan fingerprint density at radius 1 is 1.75 bits per heavy atom. The summed E-state index contributed by atoms with van der Waals surface area (Å²) in [6.45, 7) is 0. The second-order valence-corrected chi connectivity index (χ2v) is 2.49. The fourth-order valence-corrected chi connectivity index (χ4v) is 0.951. The third-order valence-corrected chi connectivity index (χ3v) is 1.21. The lowest BCUT2D eigenvalue weighted by atomic mass is 10.5. The summed E-state index contributed by atoms with van der Waals surface area (Å²) in [6, 6.07) is 0.284. The van der Waals surface area contributed by atoms with Gasteiger partial charge in [0.25, 0.3) is 0 Å². The molecule has 0 aliphatic carbocycles.